The fourth-order valence-electron chi connectivity index (χ4n) is 2.53. The summed E-state index contributed by atoms with van der Waals surface area (Å²) in [7, 11) is 0. The molecule has 2 N–H and O–H groups in total. The molecule has 2 amide bonds. The van der Waals surface area contributed by atoms with Gasteiger partial charge in [0.05, 0.1) is 19.2 Å². The fraction of sp³-hybridized carbons (Fsp3) is 0.571. The molecule has 1 aromatic rings. The van der Waals surface area contributed by atoms with Crippen molar-refractivity contribution in [3.05, 3.63) is 24.2 Å². The van der Waals surface area contributed by atoms with Crippen LogP contribution in [0.1, 0.15) is 37.9 Å². The van der Waals surface area contributed by atoms with E-state index in [1.807, 2.05) is 6.07 Å². The van der Waals surface area contributed by atoms with Crippen LogP contribution < -0.4 is 5.32 Å². The van der Waals surface area contributed by atoms with Gasteiger partial charge < -0.3 is 19.7 Å². The zero-order chi connectivity index (χ0) is 14.4. The van der Waals surface area contributed by atoms with Crippen LogP contribution in [0, 0.1) is 0 Å². The van der Waals surface area contributed by atoms with Gasteiger partial charge in [-0.25, -0.2) is 4.79 Å². The quantitative estimate of drug-likeness (QED) is 0.837. The lowest BCUT2D eigenvalue weighted by molar-refractivity contribution is -0.136. The Hall–Kier alpha value is -1.98. The van der Waals surface area contributed by atoms with E-state index >= 15 is 0 Å². The van der Waals surface area contributed by atoms with Gasteiger partial charge in [-0.1, -0.05) is 12.8 Å². The predicted octanol–water partition coefficient (Wildman–Crippen LogP) is 2.21. The Bertz CT molecular complexity index is 438. The summed E-state index contributed by atoms with van der Waals surface area (Å²) >= 11 is 0. The Labute approximate surface area is 117 Å². The monoisotopic (exact) mass is 280 g/mol. The summed E-state index contributed by atoms with van der Waals surface area (Å²) in [5.41, 5.74) is 0. The third kappa shape index (κ3) is 4.01. The molecule has 1 aromatic heterocycles. The lowest BCUT2D eigenvalue weighted by Crippen LogP contribution is -2.45. The van der Waals surface area contributed by atoms with Gasteiger partial charge in [-0.15, -0.1) is 0 Å². The highest BCUT2D eigenvalue weighted by atomic mass is 16.4. The molecule has 0 aliphatic heterocycles. The molecule has 0 spiro atoms. The molecule has 1 fully saturated rings. The van der Waals surface area contributed by atoms with E-state index in [-0.39, 0.29) is 25.0 Å². The average Bonchev–Trinajstić information content (AvgIpc) is 3.08. The van der Waals surface area contributed by atoms with Crippen molar-refractivity contribution in [2.75, 3.05) is 6.54 Å². The molecule has 110 valence electrons. The number of nitrogens with one attached hydrogen (secondary N) is 1. The first-order chi connectivity index (χ1) is 9.66. The number of amides is 2. The maximum atomic E-state index is 12.2. The van der Waals surface area contributed by atoms with Crippen LogP contribution in [-0.4, -0.2) is 34.6 Å². The largest absolute Gasteiger partial charge is 0.481 e. The van der Waals surface area contributed by atoms with Crippen molar-refractivity contribution in [1.29, 1.82) is 0 Å². The van der Waals surface area contributed by atoms with E-state index in [4.69, 9.17) is 9.52 Å². The second kappa shape index (κ2) is 6.98. The molecule has 1 aliphatic rings. The van der Waals surface area contributed by atoms with Gasteiger partial charge in [0.2, 0.25) is 0 Å². The fourth-order valence-corrected chi connectivity index (χ4v) is 2.53. The van der Waals surface area contributed by atoms with E-state index in [0.29, 0.717) is 6.54 Å². The molecule has 0 radical (unpaired) electrons. The Morgan fingerprint density at radius 1 is 1.40 bits per heavy atom. The first kappa shape index (κ1) is 14.4. The number of carbonyl (C=O) groups excluding carboxylic acids is 1. The SMILES string of the molecule is O=C(O)CCNC(=O)N(Cc1ccco1)C1CCCC1. The van der Waals surface area contributed by atoms with Crippen LogP contribution in [-0.2, 0) is 11.3 Å². The summed E-state index contributed by atoms with van der Waals surface area (Å²) in [5.74, 6) is -0.172. The molecule has 1 aliphatic carbocycles. The molecule has 1 heterocycles. The van der Waals surface area contributed by atoms with E-state index in [1.54, 1.807) is 17.2 Å². The summed E-state index contributed by atoms with van der Waals surface area (Å²) in [4.78, 5) is 24.5. The summed E-state index contributed by atoms with van der Waals surface area (Å²) in [6.07, 6.45) is 5.76. The Morgan fingerprint density at radius 3 is 2.75 bits per heavy atom. The normalized spacial score (nSPS) is 15.2. The van der Waals surface area contributed by atoms with Crippen LogP contribution in [0.15, 0.2) is 22.8 Å². The van der Waals surface area contributed by atoms with E-state index in [9.17, 15) is 9.59 Å². The standard InChI is InChI=1S/C14H20N2O4/c17-13(18)7-8-15-14(19)16(11-4-1-2-5-11)10-12-6-3-9-20-12/h3,6,9,11H,1-2,4-5,7-8,10H2,(H,15,19)(H,17,18). The Kier molecular flexibility index (Phi) is 5.03. The van der Waals surface area contributed by atoms with Crippen molar-refractivity contribution in [2.45, 2.75) is 44.7 Å². The number of nitrogens with zero attached hydrogens (tertiary/aromatic N) is 1. The highest BCUT2D eigenvalue weighted by Crippen LogP contribution is 2.25. The molecule has 1 saturated carbocycles. The minimum absolute atomic E-state index is 0.0645. The van der Waals surface area contributed by atoms with E-state index in [0.717, 1.165) is 31.4 Å². The minimum atomic E-state index is -0.913. The third-order valence-corrected chi connectivity index (χ3v) is 3.55. The lowest BCUT2D eigenvalue weighted by atomic mass is 10.2. The topological polar surface area (TPSA) is 82.8 Å². The van der Waals surface area contributed by atoms with E-state index in [1.165, 1.54) is 0 Å². The van der Waals surface area contributed by atoms with Gasteiger partial charge in [0.25, 0.3) is 0 Å². The highest BCUT2D eigenvalue weighted by molar-refractivity contribution is 5.75. The number of carbonyl (C=O) groups is 2. The first-order valence-electron chi connectivity index (χ1n) is 6.95. The van der Waals surface area contributed by atoms with Gasteiger partial charge in [0.1, 0.15) is 5.76 Å². The second-order valence-corrected chi connectivity index (χ2v) is 5.02. The predicted molar refractivity (Wildman–Crippen MR) is 72.2 cm³/mol. The minimum Gasteiger partial charge on any atom is -0.481 e. The van der Waals surface area contributed by atoms with Gasteiger partial charge >= 0.3 is 12.0 Å². The first-order valence-corrected chi connectivity index (χ1v) is 6.95. The van der Waals surface area contributed by atoms with Gasteiger partial charge in [0.15, 0.2) is 0 Å². The number of hydrogen-bond donors (Lipinski definition) is 2. The Balaban J connectivity index is 1.94. The number of aliphatic carboxylic acids is 1. The van der Waals surface area contributed by atoms with Crippen LogP contribution in [0.5, 0.6) is 0 Å². The zero-order valence-electron chi connectivity index (χ0n) is 11.4. The molecule has 6 nitrogen and oxygen atoms in total. The van der Waals surface area contributed by atoms with Crippen LogP contribution in [0.3, 0.4) is 0 Å². The zero-order valence-corrected chi connectivity index (χ0v) is 11.4. The maximum absolute atomic E-state index is 12.2. The Morgan fingerprint density at radius 2 is 2.15 bits per heavy atom. The summed E-state index contributed by atoms with van der Waals surface area (Å²) in [6.45, 7) is 0.576. The number of furan rings is 1. The molecule has 0 unspecified atom stereocenters. The van der Waals surface area contributed by atoms with Gasteiger partial charge in [0, 0.05) is 12.6 Å². The van der Waals surface area contributed by atoms with Crippen molar-refractivity contribution >= 4 is 12.0 Å². The van der Waals surface area contributed by atoms with Crippen molar-refractivity contribution in [2.24, 2.45) is 0 Å². The summed E-state index contributed by atoms with van der Waals surface area (Å²) in [5, 5.41) is 11.3. The molecule has 0 aromatic carbocycles. The summed E-state index contributed by atoms with van der Waals surface area (Å²) < 4.78 is 5.30. The molecule has 0 bridgehead atoms. The molecule has 20 heavy (non-hydrogen) atoms. The molecule has 2 rings (SSSR count). The second-order valence-electron chi connectivity index (χ2n) is 5.02. The van der Waals surface area contributed by atoms with Crippen molar-refractivity contribution in [3.8, 4) is 0 Å². The van der Waals surface area contributed by atoms with Crippen molar-refractivity contribution in [1.82, 2.24) is 10.2 Å². The number of rotatable bonds is 6. The van der Waals surface area contributed by atoms with Crippen molar-refractivity contribution < 1.29 is 19.1 Å². The maximum Gasteiger partial charge on any atom is 0.318 e. The molecule has 6 heteroatoms. The van der Waals surface area contributed by atoms with E-state index in [2.05, 4.69) is 5.32 Å². The number of hydrogen-bond acceptors (Lipinski definition) is 3. The number of carboxylic acids is 1. The summed E-state index contributed by atoms with van der Waals surface area (Å²) in [6, 6.07) is 3.64. The third-order valence-electron chi connectivity index (χ3n) is 3.55. The lowest BCUT2D eigenvalue weighted by Gasteiger charge is -2.28. The number of urea groups is 1. The molecular weight excluding hydrogens is 260 g/mol. The van der Waals surface area contributed by atoms with Gasteiger partial charge in [-0.2, -0.15) is 0 Å². The van der Waals surface area contributed by atoms with Crippen LogP contribution >= 0.6 is 0 Å². The molecule has 0 atom stereocenters. The highest BCUT2D eigenvalue weighted by Gasteiger charge is 2.27. The molecule has 0 saturated heterocycles. The number of carboxylic acid groups (broad SMARTS) is 1. The van der Waals surface area contributed by atoms with E-state index < -0.39 is 5.97 Å². The van der Waals surface area contributed by atoms with Gasteiger partial charge in [-0.3, -0.25) is 4.79 Å². The van der Waals surface area contributed by atoms with Crippen LogP contribution in [0.2, 0.25) is 0 Å². The van der Waals surface area contributed by atoms with Crippen molar-refractivity contribution in [3.63, 3.8) is 0 Å². The molecular formula is C14H20N2O4. The van der Waals surface area contributed by atoms with Crippen LogP contribution in [0.25, 0.3) is 0 Å². The van der Waals surface area contributed by atoms with Gasteiger partial charge in [-0.05, 0) is 25.0 Å². The smallest absolute Gasteiger partial charge is 0.318 e. The van der Waals surface area contributed by atoms with Crippen LogP contribution in [0.4, 0.5) is 4.79 Å². The average molecular weight is 280 g/mol.